The van der Waals surface area contributed by atoms with Crippen LogP contribution in [0, 0.1) is 0 Å². The predicted molar refractivity (Wildman–Crippen MR) is 103 cm³/mol. The molecule has 0 bridgehead atoms. The van der Waals surface area contributed by atoms with E-state index in [0.717, 1.165) is 41.2 Å². The lowest BCUT2D eigenvalue weighted by Gasteiger charge is -2.27. The number of hydrogen-bond acceptors (Lipinski definition) is 4. The zero-order chi connectivity index (χ0) is 18.9. The fraction of sp³-hybridized carbons (Fsp3) is 0.273. The molecule has 0 spiro atoms. The van der Waals surface area contributed by atoms with Crippen molar-refractivity contribution in [3.05, 3.63) is 77.1 Å². The van der Waals surface area contributed by atoms with Crippen LogP contribution in [0.5, 0.6) is 11.5 Å². The van der Waals surface area contributed by atoms with E-state index in [9.17, 15) is 4.79 Å². The second-order valence-electron chi connectivity index (χ2n) is 7.04. The number of para-hydroxylation sites is 2. The normalized spacial score (nSPS) is 15.1. The topological polar surface area (TPSA) is 65.4 Å². The van der Waals surface area contributed by atoms with Crippen molar-refractivity contribution in [3.63, 3.8) is 0 Å². The molecule has 6 heteroatoms. The number of nitrogens with zero attached hydrogens (tertiary/aromatic N) is 2. The van der Waals surface area contributed by atoms with E-state index in [1.807, 2.05) is 59.4 Å². The number of rotatable bonds is 4. The third-order valence-electron chi connectivity index (χ3n) is 5.34. The molecule has 3 heterocycles. The van der Waals surface area contributed by atoms with Crippen molar-refractivity contribution in [3.8, 4) is 11.5 Å². The average molecular weight is 375 g/mol. The molecule has 1 amide bonds. The first kappa shape index (κ1) is 17.0. The number of hydrogen-bond donors (Lipinski definition) is 1. The second kappa shape index (κ2) is 7.13. The maximum Gasteiger partial charge on any atom is 0.232 e. The molecular formula is C22H21N3O3. The van der Waals surface area contributed by atoms with Crippen LogP contribution in [0.25, 0.3) is 0 Å². The Morgan fingerprint density at radius 1 is 1.11 bits per heavy atom. The van der Waals surface area contributed by atoms with Gasteiger partial charge in [-0.05, 0) is 12.1 Å². The molecule has 0 aliphatic carbocycles. The highest BCUT2D eigenvalue weighted by Gasteiger charge is 2.32. The van der Waals surface area contributed by atoms with Crippen LogP contribution in [0.3, 0.4) is 0 Å². The first-order chi connectivity index (χ1) is 13.8. The monoisotopic (exact) mass is 375 g/mol. The number of fused-ring (bicyclic) bond motifs is 3. The van der Waals surface area contributed by atoms with Gasteiger partial charge in [0.25, 0.3) is 0 Å². The number of nitrogens with one attached hydrogen (secondary N) is 1. The second-order valence-corrected chi connectivity index (χ2v) is 7.04. The number of carbonyl (C=O) groups is 1. The summed E-state index contributed by atoms with van der Waals surface area (Å²) >= 11 is 0. The first-order valence-electron chi connectivity index (χ1n) is 9.56. The van der Waals surface area contributed by atoms with Crippen LogP contribution >= 0.6 is 0 Å². The van der Waals surface area contributed by atoms with E-state index in [1.54, 1.807) is 0 Å². The van der Waals surface area contributed by atoms with Gasteiger partial charge in [0.2, 0.25) is 5.91 Å². The molecule has 2 aromatic carbocycles. The maximum atomic E-state index is 13.1. The van der Waals surface area contributed by atoms with E-state index >= 15 is 0 Å². The smallest absolute Gasteiger partial charge is 0.232 e. The zero-order valence-corrected chi connectivity index (χ0v) is 15.4. The van der Waals surface area contributed by atoms with Gasteiger partial charge in [-0.15, -0.1) is 0 Å². The summed E-state index contributed by atoms with van der Waals surface area (Å²) in [4.78, 5) is 13.1. The Kier molecular flexibility index (Phi) is 4.33. The van der Waals surface area contributed by atoms with Gasteiger partial charge in [0.1, 0.15) is 11.5 Å². The third-order valence-corrected chi connectivity index (χ3v) is 5.34. The van der Waals surface area contributed by atoms with Crippen molar-refractivity contribution in [2.24, 2.45) is 0 Å². The molecule has 1 N–H and O–H groups in total. The molecule has 5 rings (SSSR count). The molecule has 2 aliphatic rings. The summed E-state index contributed by atoms with van der Waals surface area (Å²) < 4.78 is 13.4. The van der Waals surface area contributed by atoms with E-state index in [2.05, 4.69) is 10.4 Å². The number of amides is 1. The van der Waals surface area contributed by atoms with Gasteiger partial charge in [-0.25, -0.2) is 0 Å². The largest absolute Gasteiger partial charge is 0.457 e. The van der Waals surface area contributed by atoms with E-state index in [4.69, 9.17) is 9.47 Å². The van der Waals surface area contributed by atoms with Crippen molar-refractivity contribution in [1.29, 1.82) is 0 Å². The number of ether oxygens (including phenoxy) is 2. The van der Waals surface area contributed by atoms with E-state index < -0.39 is 0 Å². The highest BCUT2D eigenvalue weighted by molar-refractivity contribution is 5.89. The molecule has 0 fully saturated rings. The van der Waals surface area contributed by atoms with Gasteiger partial charge in [-0.1, -0.05) is 36.4 Å². The SMILES string of the molecule is O=C(NCCn1ncc2c1CCOC2)C1c2ccccc2Oc2ccccc21. The maximum absolute atomic E-state index is 13.1. The summed E-state index contributed by atoms with van der Waals surface area (Å²) in [6.07, 6.45) is 2.73. The van der Waals surface area contributed by atoms with Crippen molar-refractivity contribution < 1.29 is 14.3 Å². The Bertz CT molecular complexity index is 982. The van der Waals surface area contributed by atoms with Crippen LogP contribution in [-0.4, -0.2) is 28.8 Å². The quantitative estimate of drug-likeness (QED) is 0.761. The molecule has 3 aromatic rings. The summed E-state index contributed by atoms with van der Waals surface area (Å²) in [5.41, 5.74) is 4.15. The highest BCUT2D eigenvalue weighted by Crippen LogP contribution is 2.43. The van der Waals surface area contributed by atoms with Gasteiger partial charge >= 0.3 is 0 Å². The van der Waals surface area contributed by atoms with Crippen LogP contribution in [0.15, 0.2) is 54.7 Å². The Balaban J connectivity index is 1.34. The van der Waals surface area contributed by atoms with Crippen molar-refractivity contribution in [2.75, 3.05) is 13.2 Å². The Labute approximate surface area is 163 Å². The fourth-order valence-corrected chi connectivity index (χ4v) is 3.98. The molecule has 1 aromatic heterocycles. The van der Waals surface area contributed by atoms with Crippen LogP contribution in [0.1, 0.15) is 28.3 Å². The average Bonchev–Trinajstić information content (AvgIpc) is 3.15. The van der Waals surface area contributed by atoms with Crippen molar-refractivity contribution >= 4 is 5.91 Å². The molecule has 2 aliphatic heterocycles. The fourth-order valence-electron chi connectivity index (χ4n) is 3.98. The van der Waals surface area contributed by atoms with Crippen molar-refractivity contribution in [2.45, 2.75) is 25.5 Å². The molecule has 0 atom stereocenters. The molecule has 0 saturated carbocycles. The van der Waals surface area contributed by atoms with Crippen LogP contribution in [-0.2, 0) is 29.1 Å². The van der Waals surface area contributed by atoms with Gasteiger partial charge in [0, 0.05) is 35.3 Å². The van der Waals surface area contributed by atoms with Gasteiger partial charge in [-0.3, -0.25) is 9.48 Å². The number of aromatic nitrogens is 2. The lowest BCUT2D eigenvalue weighted by Crippen LogP contribution is -2.34. The minimum Gasteiger partial charge on any atom is -0.457 e. The molecule has 0 saturated heterocycles. The number of carbonyl (C=O) groups excluding carboxylic acids is 1. The van der Waals surface area contributed by atoms with Gasteiger partial charge in [0.05, 0.1) is 31.9 Å². The lowest BCUT2D eigenvalue weighted by molar-refractivity contribution is -0.121. The van der Waals surface area contributed by atoms with Gasteiger partial charge in [0.15, 0.2) is 0 Å². The summed E-state index contributed by atoms with van der Waals surface area (Å²) in [7, 11) is 0. The summed E-state index contributed by atoms with van der Waals surface area (Å²) in [6, 6.07) is 15.5. The van der Waals surface area contributed by atoms with E-state index in [1.165, 1.54) is 5.69 Å². The predicted octanol–water partition coefficient (Wildman–Crippen LogP) is 3.01. The lowest BCUT2D eigenvalue weighted by atomic mass is 9.87. The highest BCUT2D eigenvalue weighted by atomic mass is 16.5. The molecule has 0 unspecified atom stereocenters. The van der Waals surface area contributed by atoms with Crippen molar-refractivity contribution in [1.82, 2.24) is 15.1 Å². The Morgan fingerprint density at radius 3 is 2.57 bits per heavy atom. The van der Waals surface area contributed by atoms with E-state index in [-0.39, 0.29) is 11.8 Å². The first-order valence-corrected chi connectivity index (χ1v) is 9.56. The Morgan fingerprint density at radius 2 is 1.82 bits per heavy atom. The third kappa shape index (κ3) is 2.96. The standard InChI is InChI=1S/C22H21N3O3/c26-22(23-10-11-25-18-9-12-27-14-15(18)13-24-25)21-16-5-1-3-7-19(16)28-20-8-4-2-6-17(20)21/h1-8,13,21H,9-12,14H2,(H,23,26). The molecule has 0 radical (unpaired) electrons. The van der Waals surface area contributed by atoms with Crippen LogP contribution in [0.2, 0.25) is 0 Å². The molecule has 28 heavy (non-hydrogen) atoms. The summed E-state index contributed by atoms with van der Waals surface area (Å²) in [5, 5.41) is 7.54. The van der Waals surface area contributed by atoms with Crippen LogP contribution < -0.4 is 10.1 Å². The van der Waals surface area contributed by atoms with E-state index in [0.29, 0.717) is 19.7 Å². The summed E-state index contributed by atoms with van der Waals surface area (Å²) in [6.45, 7) is 2.51. The molecular weight excluding hydrogens is 354 g/mol. The van der Waals surface area contributed by atoms with Gasteiger partial charge < -0.3 is 14.8 Å². The number of benzene rings is 2. The molecule has 142 valence electrons. The van der Waals surface area contributed by atoms with Gasteiger partial charge in [-0.2, -0.15) is 5.10 Å². The minimum atomic E-state index is -0.374. The Hall–Kier alpha value is -3.12. The summed E-state index contributed by atoms with van der Waals surface area (Å²) in [5.74, 6) is 1.08. The zero-order valence-electron chi connectivity index (χ0n) is 15.4. The minimum absolute atomic E-state index is 0.0208. The molecule has 6 nitrogen and oxygen atoms in total. The van der Waals surface area contributed by atoms with Crippen LogP contribution in [0.4, 0.5) is 0 Å².